The molecule has 2 fully saturated rings. The van der Waals surface area contributed by atoms with Gasteiger partial charge >= 0.3 is 0 Å². The van der Waals surface area contributed by atoms with Crippen LogP contribution in [0.2, 0.25) is 5.02 Å². The molecular weight excluding hydrogens is 508 g/mol. The molecule has 0 spiro atoms. The van der Waals surface area contributed by atoms with E-state index in [1.165, 1.54) is 18.9 Å². The predicted octanol–water partition coefficient (Wildman–Crippen LogP) is 4.27. The van der Waals surface area contributed by atoms with Crippen LogP contribution in [0.4, 0.5) is 4.39 Å². The molecule has 2 aliphatic heterocycles. The van der Waals surface area contributed by atoms with E-state index in [4.69, 9.17) is 21.1 Å². The number of piperidine rings is 1. The van der Waals surface area contributed by atoms with Crippen molar-refractivity contribution in [3.8, 4) is 0 Å². The third-order valence-corrected chi connectivity index (χ3v) is 5.82. The van der Waals surface area contributed by atoms with Gasteiger partial charge in [0.15, 0.2) is 5.96 Å². The second kappa shape index (κ2) is 12.9. The van der Waals surface area contributed by atoms with Gasteiger partial charge in [0.2, 0.25) is 0 Å². The largest absolute Gasteiger partial charge is 0.376 e. The smallest absolute Gasteiger partial charge is 0.193 e. The Balaban J connectivity index is 0.00000300. The van der Waals surface area contributed by atoms with Crippen LogP contribution in [-0.4, -0.2) is 63.0 Å². The van der Waals surface area contributed by atoms with Gasteiger partial charge in [-0.1, -0.05) is 17.7 Å². The maximum atomic E-state index is 13.9. The van der Waals surface area contributed by atoms with Gasteiger partial charge in [-0.3, -0.25) is 4.99 Å². The van der Waals surface area contributed by atoms with Gasteiger partial charge in [0.05, 0.1) is 18.8 Å². The summed E-state index contributed by atoms with van der Waals surface area (Å²) in [4.78, 5) is 6.61. The molecule has 0 bridgehead atoms. The zero-order valence-electron chi connectivity index (χ0n) is 17.0. The zero-order valence-corrected chi connectivity index (χ0v) is 20.1. The van der Waals surface area contributed by atoms with Gasteiger partial charge in [-0.05, 0) is 50.7 Å². The van der Waals surface area contributed by atoms with Crippen molar-refractivity contribution in [3.63, 3.8) is 0 Å². The van der Waals surface area contributed by atoms with E-state index in [1.54, 1.807) is 19.2 Å². The third kappa shape index (κ3) is 7.52. The van der Waals surface area contributed by atoms with Gasteiger partial charge in [-0.15, -0.1) is 24.0 Å². The van der Waals surface area contributed by atoms with Gasteiger partial charge in [0.1, 0.15) is 5.82 Å². The maximum absolute atomic E-state index is 13.9. The molecule has 29 heavy (non-hydrogen) atoms. The molecule has 5 nitrogen and oxygen atoms in total. The third-order valence-electron chi connectivity index (χ3n) is 5.46. The van der Waals surface area contributed by atoms with E-state index in [0.717, 1.165) is 44.9 Å². The SMILES string of the molecule is CN=C(NCCc1c(F)cccc1Cl)N1CCC(OCC2CCCCO2)CC1.I. The second-order valence-corrected chi connectivity index (χ2v) is 7.84. The number of guanidine groups is 1. The first kappa shape index (κ1) is 24.6. The number of likely N-dealkylation sites (tertiary alicyclic amines) is 1. The van der Waals surface area contributed by atoms with Crippen molar-refractivity contribution >= 4 is 41.5 Å². The Labute approximate surface area is 195 Å². The number of aliphatic imine (C=N–C) groups is 1. The fourth-order valence-electron chi connectivity index (χ4n) is 3.82. The molecule has 8 heteroatoms. The molecule has 0 amide bonds. The first-order chi connectivity index (χ1) is 13.7. The highest BCUT2D eigenvalue weighted by molar-refractivity contribution is 14.0. The van der Waals surface area contributed by atoms with E-state index in [9.17, 15) is 4.39 Å². The summed E-state index contributed by atoms with van der Waals surface area (Å²) in [5, 5.41) is 3.80. The monoisotopic (exact) mass is 539 g/mol. The summed E-state index contributed by atoms with van der Waals surface area (Å²) < 4.78 is 25.7. The quantitative estimate of drug-likeness (QED) is 0.333. The summed E-state index contributed by atoms with van der Waals surface area (Å²) in [7, 11) is 1.78. The topological polar surface area (TPSA) is 46.1 Å². The Morgan fingerprint density at radius 3 is 2.76 bits per heavy atom. The summed E-state index contributed by atoms with van der Waals surface area (Å²) >= 11 is 6.10. The Morgan fingerprint density at radius 2 is 2.10 bits per heavy atom. The first-order valence-electron chi connectivity index (χ1n) is 10.3. The van der Waals surface area contributed by atoms with Crippen molar-refractivity contribution in [2.24, 2.45) is 4.99 Å². The molecule has 1 N–H and O–H groups in total. The van der Waals surface area contributed by atoms with Crippen LogP contribution in [0.1, 0.15) is 37.7 Å². The molecule has 0 aliphatic carbocycles. The molecule has 3 rings (SSSR count). The molecule has 0 radical (unpaired) electrons. The molecule has 164 valence electrons. The van der Waals surface area contributed by atoms with Gasteiger partial charge in [-0.2, -0.15) is 0 Å². The number of hydrogen-bond acceptors (Lipinski definition) is 3. The van der Waals surface area contributed by atoms with Crippen molar-refractivity contribution < 1.29 is 13.9 Å². The summed E-state index contributed by atoms with van der Waals surface area (Å²) in [6, 6.07) is 4.79. The number of benzene rings is 1. The summed E-state index contributed by atoms with van der Waals surface area (Å²) in [6.45, 7) is 3.96. The molecule has 0 aromatic heterocycles. The summed E-state index contributed by atoms with van der Waals surface area (Å²) in [5.41, 5.74) is 0.546. The van der Waals surface area contributed by atoms with Gasteiger partial charge in [0, 0.05) is 43.9 Å². The minimum Gasteiger partial charge on any atom is -0.376 e. The van der Waals surface area contributed by atoms with Crippen LogP contribution in [0.5, 0.6) is 0 Å². The predicted molar refractivity (Wildman–Crippen MR) is 126 cm³/mol. The highest BCUT2D eigenvalue weighted by Crippen LogP contribution is 2.20. The average molecular weight is 540 g/mol. The standard InChI is InChI=1S/C21H31ClFN3O2.HI/c1-24-21(25-11-8-18-19(22)6-4-7-20(18)23)26-12-9-16(10-13-26)28-15-17-5-2-3-14-27-17;/h4,6-7,16-17H,2-3,5,8-15H2,1H3,(H,24,25);1H. The van der Waals surface area contributed by atoms with E-state index in [2.05, 4.69) is 15.2 Å². The second-order valence-electron chi connectivity index (χ2n) is 7.43. The van der Waals surface area contributed by atoms with E-state index in [-0.39, 0.29) is 42.0 Å². The normalized spacial score (nSPS) is 21.0. The number of ether oxygens (including phenoxy) is 2. The molecule has 0 saturated carbocycles. The van der Waals surface area contributed by atoms with Crippen LogP contribution in [-0.2, 0) is 15.9 Å². The van der Waals surface area contributed by atoms with Gasteiger partial charge < -0.3 is 19.7 Å². The molecule has 2 heterocycles. The van der Waals surface area contributed by atoms with Gasteiger partial charge in [-0.25, -0.2) is 4.39 Å². The molecular formula is C21H32ClFIN3O2. The molecule has 1 unspecified atom stereocenters. The number of halogens is 3. The Kier molecular flexibility index (Phi) is 11.0. The summed E-state index contributed by atoms with van der Waals surface area (Å²) in [6.07, 6.45) is 6.56. The van der Waals surface area contributed by atoms with Crippen LogP contribution in [0.3, 0.4) is 0 Å². The molecule has 2 aliphatic rings. The molecule has 1 aromatic carbocycles. The van der Waals surface area contributed by atoms with E-state index < -0.39 is 0 Å². The Hall–Kier alpha value is -0.640. The van der Waals surface area contributed by atoms with E-state index >= 15 is 0 Å². The lowest BCUT2D eigenvalue weighted by molar-refractivity contribution is -0.0721. The lowest BCUT2D eigenvalue weighted by Crippen LogP contribution is -2.47. The lowest BCUT2D eigenvalue weighted by atomic mass is 10.1. The van der Waals surface area contributed by atoms with Crippen molar-refractivity contribution in [2.75, 3.05) is 39.9 Å². The van der Waals surface area contributed by atoms with E-state index in [0.29, 0.717) is 30.2 Å². The fraction of sp³-hybridized carbons (Fsp3) is 0.667. The molecule has 1 atom stereocenters. The number of hydrogen-bond donors (Lipinski definition) is 1. The Bertz CT molecular complexity index is 631. The van der Waals surface area contributed by atoms with Crippen molar-refractivity contribution in [1.29, 1.82) is 0 Å². The van der Waals surface area contributed by atoms with E-state index in [1.807, 2.05) is 0 Å². The first-order valence-corrected chi connectivity index (χ1v) is 10.7. The Morgan fingerprint density at radius 1 is 1.31 bits per heavy atom. The maximum Gasteiger partial charge on any atom is 0.193 e. The van der Waals surface area contributed by atoms with Gasteiger partial charge in [0.25, 0.3) is 0 Å². The number of nitrogens with zero attached hydrogens (tertiary/aromatic N) is 2. The summed E-state index contributed by atoms with van der Waals surface area (Å²) in [5.74, 6) is 0.589. The minimum atomic E-state index is -0.260. The van der Waals surface area contributed by atoms with Crippen LogP contribution in [0, 0.1) is 5.82 Å². The van der Waals surface area contributed by atoms with Crippen LogP contribution in [0.15, 0.2) is 23.2 Å². The van der Waals surface area contributed by atoms with Crippen molar-refractivity contribution in [2.45, 2.75) is 50.7 Å². The van der Waals surface area contributed by atoms with Crippen molar-refractivity contribution in [1.82, 2.24) is 10.2 Å². The van der Waals surface area contributed by atoms with Crippen LogP contribution in [0.25, 0.3) is 0 Å². The highest BCUT2D eigenvalue weighted by Gasteiger charge is 2.23. The molecule has 2 saturated heterocycles. The number of rotatable bonds is 6. The minimum absolute atomic E-state index is 0. The molecule has 1 aromatic rings. The van der Waals surface area contributed by atoms with Crippen LogP contribution >= 0.6 is 35.6 Å². The lowest BCUT2D eigenvalue weighted by Gasteiger charge is -2.35. The highest BCUT2D eigenvalue weighted by atomic mass is 127. The average Bonchev–Trinajstić information content (AvgIpc) is 2.73. The van der Waals surface area contributed by atoms with Crippen molar-refractivity contribution in [3.05, 3.63) is 34.6 Å². The fourth-order valence-corrected chi connectivity index (χ4v) is 4.08. The van der Waals surface area contributed by atoms with Crippen LogP contribution < -0.4 is 5.32 Å². The number of nitrogens with one attached hydrogen (secondary N) is 1. The zero-order chi connectivity index (χ0) is 19.8.